The zero-order chi connectivity index (χ0) is 14.8. The summed E-state index contributed by atoms with van der Waals surface area (Å²) in [6.45, 7) is 4.41. The van der Waals surface area contributed by atoms with Crippen molar-refractivity contribution in [1.29, 1.82) is 0 Å². The minimum atomic E-state index is -0.297. The summed E-state index contributed by atoms with van der Waals surface area (Å²) in [5.74, 6) is 0.107. The van der Waals surface area contributed by atoms with Crippen LogP contribution >= 0.6 is 0 Å². The fourth-order valence-corrected chi connectivity index (χ4v) is 1.98. The minimum Gasteiger partial charge on any atom is -0.424 e. The van der Waals surface area contributed by atoms with Crippen molar-refractivity contribution in [3.63, 3.8) is 0 Å². The Morgan fingerprint density at radius 2 is 2.14 bits per heavy atom. The van der Waals surface area contributed by atoms with Gasteiger partial charge in [0.15, 0.2) is 0 Å². The lowest BCUT2D eigenvalue weighted by atomic mass is 10.2. The number of ether oxygens (including phenoxy) is 1. The molecular formula is C16H18FN3O. The van der Waals surface area contributed by atoms with Crippen molar-refractivity contribution in [2.75, 3.05) is 0 Å². The maximum absolute atomic E-state index is 13.5. The molecule has 1 saturated carbocycles. The maximum atomic E-state index is 13.5. The van der Waals surface area contributed by atoms with E-state index in [1.807, 2.05) is 6.92 Å². The number of hydrogen-bond donors (Lipinski definition) is 1. The van der Waals surface area contributed by atoms with Gasteiger partial charge in [-0.25, -0.2) is 9.37 Å². The smallest absolute Gasteiger partial charge is 0.322 e. The first-order valence-corrected chi connectivity index (χ1v) is 7.12. The van der Waals surface area contributed by atoms with Gasteiger partial charge in [-0.15, -0.1) is 0 Å². The van der Waals surface area contributed by atoms with Crippen LogP contribution in [0.5, 0.6) is 11.8 Å². The van der Waals surface area contributed by atoms with Gasteiger partial charge >= 0.3 is 6.01 Å². The van der Waals surface area contributed by atoms with Gasteiger partial charge in [0.2, 0.25) is 0 Å². The summed E-state index contributed by atoms with van der Waals surface area (Å²) in [6.07, 6.45) is 4.26. The van der Waals surface area contributed by atoms with Crippen LogP contribution in [0.4, 0.5) is 4.39 Å². The van der Waals surface area contributed by atoms with E-state index in [0.717, 1.165) is 17.8 Å². The van der Waals surface area contributed by atoms with Crippen molar-refractivity contribution in [2.45, 2.75) is 39.3 Å². The predicted octanol–water partition coefficient (Wildman–Crippen LogP) is 3.28. The fraction of sp³-hybridized carbons (Fsp3) is 0.375. The normalized spacial score (nSPS) is 14.2. The van der Waals surface area contributed by atoms with Gasteiger partial charge in [0, 0.05) is 36.1 Å². The second kappa shape index (κ2) is 5.77. The van der Waals surface area contributed by atoms with Crippen molar-refractivity contribution in [2.24, 2.45) is 0 Å². The summed E-state index contributed by atoms with van der Waals surface area (Å²) < 4.78 is 19.0. The molecule has 1 aromatic carbocycles. The lowest BCUT2D eigenvalue weighted by molar-refractivity contribution is 0.435. The van der Waals surface area contributed by atoms with Crippen molar-refractivity contribution in [3.05, 3.63) is 47.0 Å². The molecule has 21 heavy (non-hydrogen) atoms. The van der Waals surface area contributed by atoms with E-state index in [1.54, 1.807) is 25.3 Å². The van der Waals surface area contributed by atoms with Gasteiger partial charge < -0.3 is 10.1 Å². The Morgan fingerprint density at radius 3 is 2.81 bits per heavy atom. The molecule has 4 nitrogen and oxygen atoms in total. The molecule has 0 amide bonds. The molecule has 1 heterocycles. The average Bonchev–Trinajstić information content (AvgIpc) is 3.26. The summed E-state index contributed by atoms with van der Waals surface area (Å²) in [5.41, 5.74) is 2.52. The third-order valence-corrected chi connectivity index (χ3v) is 3.57. The number of nitrogens with one attached hydrogen (secondary N) is 1. The molecule has 0 unspecified atom stereocenters. The molecular weight excluding hydrogens is 269 g/mol. The molecule has 1 fully saturated rings. The second-order valence-electron chi connectivity index (χ2n) is 5.43. The minimum absolute atomic E-state index is 0.242. The first kappa shape index (κ1) is 13.9. The number of hydrogen-bond acceptors (Lipinski definition) is 4. The van der Waals surface area contributed by atoms with Gasteiger partial charge in [-0.3, -0.25) is 0 Å². The lowest BCUT2D eigenvalue weighted by Gasteiger charge is -2.09. The van der Waals surface area contributed by atoms with Crippen LogP contribution in [0.2, 0.25) is 0 Å². The third-order valence-electron chi connectivity index (χ3n) is 3.57. The third kappa shape index (κ3) is 3.55. The lowest BCUT2D eigenvalue weighted by Crippen LogP contribution is -2.16. The van der Waals surface area contributed by atoms with Crippen LogP contribution in [0.1, 0.15) is 29.7 Å². The standard InChI is InChI=1S/C16H18FN3O/c1-10-3-6-14(7-15(10)17)21-16-19-9-12(11(2)20-16)8-18-13-4-5-13/h3,6-7,9,13,18H,4-5,8H2,1-2H3. The van der Waals surface area contributed by atoms with Gasteiger partial charge in [0.25, 0.3) is 0 Å². The number of aryl methyl sites for hydroxylation is 2. The maximum Gasteiger partial charge on any atom is 0.322 e. The van der Waals surface area contributed by atoms with Gasteiger partial charge in [-0.1, -0.05) is 6.07 Å². The highest BCUT2D eigenvalue weighted by Gasteiger charge is 2.20. The average molecular weight is 287 g/mol. The Morgan fingerprint density at radius 1 is 1.33 bits per heavy atom. The monoisotopic (exact) mass is 287 g/mol. The Labute approximate surface area is 123 Å². The van der Waals surface area contributed by atoms with E-state index in [4.69, 9.17) is 4.74 Å². The molecule has 1 aromatic heterocycles. The van der Waals surface area contributed by atoms with E-state index in [2.05, 4.69) is 15.3 Å². The summed E-state index contributed by atoms with van der Waals surface area (Å²) in [7, 11) is 0. The summed E-state index contributed by atoms with van der Waals surface area (Å²) >= 11 is 0. The highest BCUT2D eigenvalue weighted by Crippen LogP contribution is 2.22. The van der Waals surface area contributed by atoms with Crippen LogP contribution in [0.15, 0.2) is 24.4 Å². The molecule has 0 aliphatic heterocycles. The van der Waals surface area contributed by atoms with Gasteiger partial charge in [-0.2, -0.15) is 4.98 Å². The zero-order valence-electron chi connectivity index (χ0n) is 12.2. The van der Waals surface area contributed by atoms with Crippen molar-refractivity contribution >= 4 is 0 Å². The Balaban J connectivity index is 1.70. The highest BCUT2D eigenvalue weighted by atomic mass is 19.1. The quantitative estimate of drug-likeness (QED) is 0.916. The molecule has 0 saturated heterocycles. The number of benzene rings is 1. The molecule has 0 bridgehead atoms. The number of aromatic nitrogens is 2. The summed E-state index contributed by atoms with van der Waals surface area (Å²) in [5, 5.41) is 3.43. The molecule has 3 rings (SSSR count). The van der Waals surface area contributed by atoms with E-state index >= 15 is 0 Å². The first-order valence-electron chi connectivity index (χ1n) is 7.12. The van der Waals surface area contributed by atoms with Crippen molar-refractivity contribution < 1.29 is 9.13 Å². The molecule has 1 N–H and O–H groups in total. The van der Waals surface area contributed by atoms with E-state index in [1.165, 1.54) is 18.9 Å². The zero-order valence-corrected chi connectivity index (χ0v) is 12.2. The van der Waals surface area contributed by atoms with E-state index in [9.17, 15) is 4.39 Å². The molecule has 1 aliphatic rings. The topological polar surface area (TPSA) is 47.0 Å². The van der Waals surface area contributed by atoms with Crippen molar-refractivity contribution in [3.8, 4) is 11.8 Å². The predicted molar refractivity (Wildman–Crippen MR) is 77.8 cm³/mol. The molecule has 0 atom stereocenters. The van der Waals surface area contributed by atoms with E-state index < -0.39 is 0 Å². The first-order chi connectivity index (χ1) is 10.1. The molecule has 2 aromatic rings. The number of nitrogens with zero attached hydrogens (tertiary/aromatic N) is 2. The van der Waals surface area contributed by atoms with Crippen LogP contribution < -0.4 is 10.1 Å². The van der Waals surface area contributed by atoms with Gasteiger partial charge in [0.05, 0.1) is 0 Å². The van der Waals surface area contributed by atoms with Crippen LogP contribution in [-0.4, -0.2) is 16.0 Å². The molecule has 0 radical (unpaired) electrons. The van der Waals surface area contributed by atoms with E-state index in [-0.39, 0.29) is 11.8 Å². The SMILES string of the molecule is Cc1ccc(Oc2ncc(CNC3CC3)c(C)n2)cc1F. The Kier molecular flexibility index (Phi) is 3.84. The molecule has 110 valence electrons. The Hall–Kier alpha value is -2.01. The van der Waals surface area contributed by atoms with Crippen LogP contribution in [0.25, 0.3) is 0 Å². The highest BCUT2D eigenvalue weighted by molar-refractivity contribution is 5.30. The molecule has 1 aliphatic carbocycles. The van der Waals surface area contributed by atoms with Crippen molar-refractivity contribution in [1.82, 2.24) is 15.3 Å². The number of halogens is 1. The fourth-order valence-electron chi connectivity index (χ4n) is 1.98. The second-order valence-corrected chi connectivity index (χ2v) is 5.43. The van der Waals surface area contributed by atoms with Gasteiger partial charge in [-0.05, 0) is 38.3 Å². The molecule has 0 spiro atoms. The summed E-state index contributed by atoms with van der Waals surface area (Å²) in [6, 6.07) is 5.61. The van der Waals surface area contributed by atoms with Crippen LogP contribution in [-0.2, 0) is 6.54 Å². The number of rotatable bonds is 5. The van der Waals surface area contributed by atoms with E-state index in [0.29, 0.717) is 17.4 Å². The van der Waals surface area contributed by atoms with Gasteiger partial charge in [0.1, 0.15) is 11.6 Å². The summed E-state index contributed by atoms with van der Waals surface area (Å²) in [4.78, 5) is 8.51. The Bertz CT molecular complexity index is 656. The largest absolute Gasteiger partial charge is 0.424 e. The molecule has 5 heteroatoms. The van der Waals surface area contributed by atoms with Crippen LogP contribution in [0.3, 0.4) is 0 Å². The van der Waals surface area contributed by atoms with Crippen LogP contribution in [0, 0.1) is 19.7 Å².